The molecule has 2 aromatic heterocycles. The maximum atomic E-state index is 11.8. The van der Waals surface area contributed by atoms with E-state index in [-0.39, 0.29) is 5.56 Å². The molecule has 0 aliphatic carbocycles. The zero-order chi connectivity index (χ0) is 13.7. The first-order valence-corrected chi connectivity index (χ1v) is 6.62. The van der Waals surface area contributed by atoms with E-state index in [1.165, 1.54) is 6.33 Å². The Morgan fingerprint density at radius 3 is 3.15 bits per heavy atom. The number of hydrogen-bond donors (Lipinski definition) is 1. The Kier molecular flexibility index (Phi) is 2.37. The lowest BCUT2D eigenvalue weighted by molar-refractivity contribution is 0.357. The number of H-pyrrole nitrogens is 1. The molecule has 4 rings (SSSR count). The molecular weight excluding hydrogens is 278 g/mol. The van der Waals surface area contributed by atoms with Gasteiger partial charge in [-0.15, -0.1) is 0 Å². The van der Waals surface area contributed by atoms with Crippen LogP contribution in [0.25, 0.3) is 16.7 Å². The fraction of sp³-hybridized carbons (Fsp3) is 0.143. The Hall–Kier alpha value is -2.27. The fourth-order valence-electron chi connectivity index (χ4n) is 2.55. The zero-order valence-corrected chi connectivity index (χ0v) is 11.1. The molecule has 3 heterocycles. The molecular formula is C14H10ClN3O2. The molecule has 3 aromatic rings. The molecule has 1 aliphatic rings. The molecule has 0 radical (unpaired) electrons. The summed E-state index contributed by atoms with van der Waals surface area (Å²) in [5, 5.41) is 0.942. The minimum absolute atomic E-state index is 0.194. The molecule has 6 heteroatoms. The highest BCUT2D eigenvalue weighted by molar-refractivity contribution is 6.31. The molecule has 0 unspecified atom stereocenters. The van der Waals surface area contributed by atoms with Crippen LogP contribution >= 0.6 is 11.6 Å². The minimum atomic E-state index is -0.194. The van der Waals surface area contributed by atoms with Gasteiger partial charge in [-0.05, 0) is 29.8 Å². The van der Waals surface area contributed by atoms with Crippen LogP contribution in [0.4, 0.5) is 0 Å². The predicted molar refractivity (Wildman–Crippen MR) is 75.9 cm³/mol. The first-order valence-electron chi connectivity index (χ1n) is 6.25. The molecule has 0 saturated carbocycles. The van der Waals surface area contributed by atoms with Gasteiger partial charge in [0.2, 0.25) is 0 Å². The van der Waals surface area contributed by atoms with Gasteiger partial charge in [-0.2, -0.15) is 0 Å². The monoisotopic (exact) mass is 287 g/mol. The summed E-state index contributed by atoms with van der Waals surface area (Å²) in [5.41, 5.74) is 2.38. The van der Waals surface area contributed by atoms with Crippen molar-refractivity contribution in [1.29, 1.82) is 0 Å². The summed E-state index contributed by atoms with van der Waals surface area (Å²) in [6, 6.07) is 7.49. The number of benzene rings is 1. The molecule has 0 amide bonds. The third-order valence-corrected chi connectivity index (χ3v) is 3.77. The van der Waals surface area contributed by atoms with Crippen molar-refractivity contribution in [3.8, 4) is 11.4 Å². The smallest absolute Gasteiger partial charge is 0.260 e. The molecule has 5 nitrogen and oxygen atoms in total. The second-order valence-electron chi connectivity index (χ2n) is 4.66. The highest BCUT2D eigenvalue weighted by Crippen LogP contribution is 2.30. The fourth-order valence-corrected chi connectivity index (χ4v) is 2.84. The number of hydrogen-bond acceptors (Lipinski definition) is 3. The Morgan fingerprint density at radius 2 is 2.25 bits per heavy atom. The lowest BCUT2D eigenvalue weighted by Gasteiger charge is -2.08. The summed E-state index contributed by atoms with van der Waals surface area (Å²) in [5.74, 6) is 0.909. The number of aromatic amines is 1. The Bertz CT molecular complexity index is 882. The average molecular weight is 288 g/mol. The molecule has 100 valence electrons. The third kappa shape index (κ3) is 1.56. The number of nitrogens with zero attached hydrogens (tertiary/aromatic N) is 2. The lowest BCUT2D eigenvalue weighted by atomic mass is 10.1. The maximum Gasteiger partial charge on any atom is 0.260 e. The number of fused-ring (bicyclic) bond motifs is 2. The van der Waals surface area contributed by atoms with Crippen molar-refractivity contribution in [2.24, 2.45) is 0 Å². The Labute approximate surface area is 118 Å². The second-order valence-corrected chi connectivity index (χ2v) is 5.05. The Balaban J connectivity index is 2.01. The van der Waals surface area contributed by atoms with Gasteiger partial charge in [0.15, 0.2) is 5.65 Å². The van der Waals surface area contributed by atoms with Crippen LogP contribution in [0.15, 0.2) is 35.4 Å². The number of aromatic nitrogens is 3. The minimum Gasteiger partial charge on any atom is -0.493 e. The summed E-state index contributed by atoms with van der Waals surface area (Å²) in [7, 11) is 0. The van der Waals surface area contributed by atoms with Crippen molar-refractivity contribution < 1.29 is 4.74 Å². The summed E-state index contributed by atoms with van der Waals surface area (Å²) < 4.78 is 7.26. The van der Waals surface area contributed by atoms with Crippen LogP contribution in [0, 0.1) is 0 Å². The van der Waals surface area contributed by atoms with Crippen LogP contribution in [0.1, 0.15) is 5.56 Å². The zero-order valence-electron chi connectivity index (χ0n) is 10.4. The van der Waals surface area contributed by atoms with Crippen molar-refractivity contribution >= 4 is 22.6 Å². The van der Waals surface area contributed by atoms with Gasteiger partial charge in [-0.1, -0.05) is 11.6 Å². The maximum absolute atomic E-state index is 11.8. The van der Waals surface area contributed by atoms with E-state index in [4.69, 9.17) is 16.3 Å². The number of ether oxygens (including phenoxy) is 1. The molecule has 0 atom stereocenters. The van der Waals surface area contributed by atoms with Crippen LogP contribution in [0.5, 0.6) is 5.75 Å². The van der Waals surface area contributed by atoms with E-state index < -0.39 is 0 Å². The molecule has 20 heavy (non-hydrogen) atoms. The van der Waals surface area contributed by atoms with Crippen molar-refractivity contribution in [2.75, 3.05) is 6.61 Å². The van der Waals surface area contributed by atoms with Crippen molar-refractivity contribution in [3.05, 3.63) is 51.7 Å². The van der Waals surface area contributed by atoms with Gasteiger partial charge in [0.05, 0.1) is 18.3 Å². The van der Waals surface area contributed by atoms with Gasteiger partial charge in [-0.25, -0.2) is 4.98 Å². The Morgan fingerprint density at radius 1 is 1.35 bits per heavy atom. The molecule has 1 aliphatic heterocycles. The predicted octanol–water partition coefficient (Wildman–Crippen LogP) is 2.30. The highest BCUT2D eigenvalue weighted by atomic mass is 35.5. The number of rotatable bonds is 1. The topological polar surface area (TPSA) is 59.9 Å². The standard InChI is InChI=1S/C14H10ClN3O2/c15-12-6-10-13(16-7-17-14(10)19)18(12)9-1-2-11-8(5-9)3-4-20-11/h1-2,5-7H,3-4H2,(H,16,17,19). The van der Waals surface area contributed by atoms with Gasteiger partial charge in [0.1, 0.15) is 10.9 Å². The van der Waals surface area contributed by atoms with E-state index >= 15 is 0 Å². The first kappa shape index (κ1) is 11.5. The first-order chi connectivity index (χ1) is 9.74. The van der Waals surface area contributed by atoms with E-state index in [2.05, 4.69) is 9.97 Å². The van der Waals surface area contributed by atoms with Gasteiger partial charge in [0, 0.05) is 12.1 Å². The quantitative estimate of drug-likeness (QED) is 0.747. The summed E-state index contributed by atoms with van der Waals surface area (Å²) in [6.45, 7) is 0.705. The van der Waals surface area contributed by atoms with E-state index in [1.807, 2.05) is 18.2 Å². The van der Waals surface area contributed by atoms with Crippen molar-refractivity contribution in [3.63, 3.8) is 0 Å². The van der Waals surface area contributed by atoms with E-state index in [1.54, 1.807) is 10.6 Å². The number of nitrogens with one attached hydrogen (secondary N) is 1. The highest BCUT2D eigenvalue weighted by Gasteiger charge is 2.16. The van der Waals surface area contributed by atoms with Gasteiger partial charge in [-0.3, -0.25) is 9.36 Å². The molecule has 1 N–H and O–H groups in total. The summed E-state index contributed by atoms with van der Waals surface area (Å²) in [4.78, 5) is 18.5. The van der Waals surface area contributed by atoms with E-state index in [9.17, 15) is 4.79 Å². The SMILES string of the molecule is O=c1[nH]cnc2c1cc(Cl)n2-c1ccc2c(c1)CCO2. The average Bonchev–Trinajstić information content (AvgIpc) is 3.02. The molecule has 0 fully saturated rings. The van der Waals surface area contributed by atoms with E-state index in [0.29, 0.717) is 22.8 Å². The molecule has 0 saturated heterocycles. The molecule has 0 spiro atoms. The summed E-state index contributed by atoms with van der Waals surface area (Å²) in [6.07, 6.45) is 2.27. The molecule has 0 bridgehead atoms. The van der Waals surface area contributed by atoms with Crippen molar-refractivity contribution in [1.82, 2.24) is 14.5 Å². The van der Waals surface area contributed by atoms with Gasteiger partial charge >= 0.3 is 0 Å². The normalized spacial score (nSPS) is 13.4. The van der Waals surface area contributed by atoms with Crippen LogP contribution in [-0.2, 0) is 6.42 Å². The lowest BCUT2D eigenvalue weighted by Crippen LogP contribution is -2.06. The van der Waals surface area contributed by atoms with Crippen LogP contribution < -0.4 is 10.3 Å². The van der Waals surface area contributed by atoms with Crippen LogP contribution in [0.3, 0.4) is 0 Å². The van der Waals surface area contributed by atoms with E-state index in [0.717, 1.165) is 23.4 Å². The second kappa shape index (κ2) is 4.11. The largest absolute Gasteiger partial charge is 0.493 e. The van der Waals surface area contributed by atoms with Crippen LogP contribution in [-0.4, -0.2) is 21.1 Å². The third-order valence-electron chi connectivity index (χ3n) is 3.49. The van der Waals surface area contributed by atoms with Crippen molar-refractivity contribution in [2.45, 2.75) is 6.42 Å². The number of halogens is 1. The van der Waals surface area contributed by atoms with Gasteiger partial charge < -0.3 is 9.72 Å². The summed E-state index contributed by atoms with van der Waals surface area (Å²) >= 11 is 6.26. The van der Waals surface area contributed by atoms with Gasteiger partial charge in [0.25, 0.3) is 5.56 Å². The molecule has 1 aromatic carbocycles. The van der Waals surface area contributed by atoms with Crippen LogP contribution in [0.2, 0.25) is 5.15 Å².